The summed E-state index contributed by atoms with van der Waals surface area (Å²) in [7, 11) is 0. The molecule has 1 N–H and O–H groups in total. The summed E-state index contributed by atoms with van der Waals surface area (Å²) in [6.45, 7) is 11.1. The maximum atomic E-state index is 12.7. The fraction of sp³-hybridized carbons (Fsp3) is 0.667. The zero-order valence-corrected chi connectivity index (χ0v) is 18.0. The minimum atomic E-state index is -0.393. The Morgan fingerprint density at radius 3 is 2.30 bits per heavy atom. The van der Waals surface area contributed by atoms with Crippen molar-refractivity contribution < 1.29 is 14.5 Å². The molecule has 3 rings (SSSR count). The zero-order chi connectivity index (χ0) is 21.5. The topological polar surface area (TPSA) is 91.2 Å². The number of nitro benzene ring substituents is 1. The van der Waals surface area contributed by atoms with Gasteiger partial charge in [-0.3, -0.25) is 15.0 Å². The number of nitrogens with zero attached hydrogens (tertiary/aromatic N) is 4. The molecule has 166 valence electrons. The van der Waals surface area contributed by atoms with Gasteiger partial charge in [0.25, 0.3) is 5.69 Å². The molecule has 2 aliphatic rings. The number of hydrogen-bond acceptors (Lipinski definition) is 6. The molecular formula is C21H33N5O4. The van der Waals surface area contributed by atoms with Crippen molar-refractivity contribution in [3.63, 3.8) is 0 Å². The Bertz CT molecular complexity index is 698. The van der Waals surface area contributed by atoms with Crippen molar-refractivity contribution in [3.8, 4) is 0 Å². The Morgan fingerprint density at radius 2 is 1.73 bits per heavy atom. The molecule has 1 aromatic rings. The number of morpholine rings is 1. The number of amides is 2. The largest absolute Gasteiger partial charge is 0.379 e. The van der Waals surface area contributed by atoms with Gasteiger partial charge >= 0.3 is 6.03 Å². The van der Waals surface area contributed by atoms with Crippen LogP contribution in [0.15, 0.2) is 24.3 Å². The first-order chi connectivity index (χ1) is 14.4. The average molecular weight is 420 g/mol. The lowest BCUT2D eigenvalue weighted by Crippen LogP contribution is -2.55. The molecule has 2 aliphatic heterocycles. The van der Waals surface area contributed by atoms with E-state index in [0.29, 0.717) is 44.7 Å². The van der Waals surface area contributed by atoms with Gasteiger partial charge in [0, 0.05) is 69.7 Å². The van der Waals surface area contributed by atoms with Crippen molar-refractivity contribution in [1.29, 1.82) is 0 Å². The van der Waals surface area contributed by atoms with Crippen molar-refractivity contribution in [2.75, 3.05) is 63.9 Å². The van der Waals surface area contributed by atoms with E-state index in [4.69, 9.17) is 4.74 Å². The molecule has 0 bridgehead atoms. The van der Waals surface area contributed by atoms with Gasteiger partial charge in [-0.2, -0.15) is 0 Å². The van der Waals surface area contributed by atoms with E-state index in [0.717, 1.165) is 38.4 Å². The number of rotatable bonds is 7. The summed E-state index contributed by atoms with van der Waals surface area (Å²) in [5, 5.41) is 13.9. The van der Waals surface area contributed by atoms with E-state index >= 15 is 0 Å². The second-order valence-corrected chi connectivity index (χ2v) is 8.37. The van der Waals surface area contributed by atoms with Crippen LogP contribution in [0.2, 0.25) is 0 Å². The summed E-state index contributed by atoms with van der Waals surface area (Å²) < 4.78 is 5.47. The quantitative estimate of drug-likeness (QED) is 0.538. The number of benzene rings is 1. The number of urea groups is 1. The molecule has 0 spiro atoms. The van der Waals surface area contributed by atoms with Crippen molar-refractivity contribution in [3.05, 3.63) is 34.4 Å². The Balaban J connectivity index is 1.47. The van der Waals surface area contributed by atoms with Crippen LogP contribution < -0.4 is 10.2 Å². The fourth-order valence-electron chi connectivity index (χ4n) is 4.12. The molecule has 1 atom stereocenters. The van der Waals surface area contributed by atoms with Crippen LogP contribution in [-0.4, -0.2) is 85.8 Å². The first-order valence-electron chi connectivity index (χ1n) is 10.8. The molecule has 2 amide bonds. The van der Waals surface area contributed by atoms with Crippen LogP contribution in [0.25, 0.3) is 0 Å². The molecule has 9 nitrogen and oxygen atoms in total. The zero-order valence-electron chi connectivity index (χ0n) is 18.0. The molecule has 30 heavy (non-hydrogen) atoms. The lowest BCUT2D eigenvalue weighted by atomic mass is 10.0. The van der Waals surface area contributed by atoms with Crippen molar-refractivity contribution in [2.45, 2.75) is 26.3 Å². The van der Waals surface area contributed by atoms with Crippen molar-refractivity contribution in [1.82, 2.24) is 15.1 Å². The SMILES string of the molecule is CC(C)C[C@H](CNC(=O)N1CCN(c2ccc([N+](=O)[O-])cc2)CC1)N1CCOCC1. The third kappa shape index (κ3) is 6.06. The van der Waals surface area contributed by atoms with E-state index < -0.39 is 4.92 Å². The van der Waals surface area contributed by atoms with Gasteiger partial charge in [0.2, 0.25) is 0 Å². The maximum absolute atomic E-state index is 12.7. The van der Waals surface area contributed by atoms with E-state index in [2.05, 4.69) is 29.0 Å². The highest BCUT2D eigenvalue weighted by molar-refractivity contribution is 5.74. The third-order valence-electron chi connectivity index (χ3n) is 5.79. The lowest BCUT2D eigenvalue weighted by Gasteiger charge is -2.38. The summed E-state index contributed by atoms with van der Waals surface area (Å²) in [5.74, 6) is 0.569. The highest BCUT2D eigenvalue weighted by Crippen LogP contribution is 2.20. The van der Waals surface area contributed by atoms with E-state index in [1.807, 2.05) is 4.90 Å². The number of nitrogens with one attached hydrogen (secondary N) is 1. The van der Waals surface area contributed by atoms with Crippen molar-refractivity contribution >= 4 is 17.4 Å². The van der Waals surface area contributed by atoms with Crippen LogP contribution >= 0.6 is 0 Å². The van der Waals surface area contributed by atoms with Crippen LogP contribution in [0.5, 0.6) is 0 Å². The Labute approximate surface area is 178 Å². The van der Waals surface area contributed by atoms with Crippen LogP contribution in [0, 0.1) is 16.0 Å². The molecule has 0 saturated carbocycles. The predicted octanol–water partition coefficient (Wildman–Crippen LogP) is 2.17. The van der Waals surface area contributed by atoms with Gasteiger partial charge in [0.15, 0.2) is 0 Å². The summed E-state index contributed by atoms with van der Waals surface area (Å²) in [6.07, 6.45) is 1.05. The molecule has 2 fully saturated rings. The van der Waals surface area contributed by atoms with Gasteiger partial charge in [-0.15, -0.1) is 0 Å². The molecule has 2 saturated heterocycles. The van der Waals surface area contributed by atoms with Gasteiger partial charge in [0.05, 0.1) is 18.1 Å². The Hall–Kier alpha value is -2.39. The van der Waals surface area contributed by atoms with Gasteiger partial charge in [-0.1, -0.05) is 13.8 Å². The second kappa shape index (κ2) is 10.6. The van der Waals surface area contributed by atoms with E-state index in [1.54, 1.807) is 12.1 Å². The standard InChI is InChI=1S/C21H33N5O4/c1-17(2)15-20(24-11-13-30-14-12-24)16-22-21(27)25-9-7-23(8-10-25)18-3-5-19(6-4-18)26(28)29/h3-6,17,20H,7-16H2,1-2H3,(H,22,27)/t20-/m1/s1. The maximum Gasteiger partial charge on any atom is 0.317 e. The van der Waals surface area contributed by atoms with E-state index in [1.165, 1.54) is 12.1 Å². The van der Waals surface area contributed by atoms with Crippen LogP contribution in [0.4, 0.5) is 16.2 Å². The summed E-state index contributed by atoms with van der Waals surface area (Å²) >= 11 is 0. The molecular weight excluding hydrogens is 386 g/mol. The number of nitro groups is 1. The Morgan fingerprint density at radius 1 is 1.10 bits per heavy atom. The minimum Gasteiger partial charge on any atom is -0.379 e. The van der Waals surface area contributed by atoms with Gasteiger partial charge < -0.3 is 19.9 Å². The summed E-state index contributed by atoms with van der Waals surface area (Å²) in [6, 6.07) is 6.91. The second-order valence-electron chi connectivity index (χ2n) is 8.37. The van der Waals surface area contributed by atoms with Crippen LogP contribution in [0.1, 0.15) is 20.3 Å². The molecule has 0 radical (unpaired) electrons. The summed E-state index contributed by atoms with van der Waals surface area (Å²) in [5.41, 5.74) is 1.04. The molecule has 1 aromatic carbocycles. The molecule has 9 heteroatoms. The van der Waals surface area contributed by atoms with E-state index in [9.17, 15) is 14.9 Å². The number of non-ortho nitro benzene ring substituents is 1. The average Bonchev–Trinajstić information content (AvgIpc) is 2.77. The smallest absolute Gasteiger partial charge is 0.317 e. The molecule has 2 heterocycles. The number of piperazine rings is 1. The number of anilines is 1. The molecule has 0 aromatic heterocycles. The number of hydrogen-bond donors (Lipinski definition) is 1. The number of ether oxygens (including phenoxy) is 1. The highest BCUT2D eigenvalue weighted by Gasteiger charge is 2.25. The third-order valence-corrected chi connectivity index (χ3v) is 5.79. The number of carbonyl (C=O) groups excluding carboxylic acids is 1. The van der Waals surface area contributed by atoms with Gasteiger partial charge in [-0.05, 0) is 24.5 Å². The minimum absolute atomic E-state index is 0.0136. The fourth-order valence-corrected chi connectivity index (χ4v) is 4.12. The van der Waals surface area contributed by atoms with Gasteiger partial charge in [0.1, 0.15) is 0 Å². The Kier molecular flexibility index (Phi) is 7.87. The van der Waals surface area contributed by atoms with Crippen LogP contribution in [-0.2, 0) is 4.74 Å². The first kappa shape index (κ1) is 22.3. The molecule has 0 unspecified atom stereocenters. The normalized spacial score (nSPS) is 19.0. The monoisotopic (exact) mass is 419 g/mol. The van der Waals surface area contributed by atoms with Crippen LogP contribution in [0.3, 0.4) is 0 Å². The lowest BCUT2D eigenvalue weighted by molar-refractivity contribution is -0.384. The molecule has 0 aliphatic carbocycles. The first-order valence-corrected chi connectivity index (χ1v) is 10.8. The predicted molar refractivity (Wildman–Crippen MR) is 116 cm³/mol. The van der Waals surface area contributed by atoms with Gasteiger partial charge in [-0.25, -0.2) is 4.79 Å². The summed E-state index contributed by atoms with van der Waals surface area (Å²) in [4.78, 5) is 29.6. The highest BCUT2D eigenvalue weighted by atomic mass is 16.6. The van der Waals surface area contributed by atoms with E-state index in [-0.39, 0.29) is 11.7 Å². The van der Waals surface area contributed by atoms with Crippen molar-refractivity contribution in [2.24, 2.45) is 5.92 Å². The number of carbonyl (C=O) groups is 1.